The van der Waals surface area contributed by atoms with E-state index >= 15 is 0 Å². The van der Waals surface area contributed by atoms with Gasteiger partial charge in [-0.25, -0.2) is 0 Å². The Kier molecular flexibility index (Phi) is 6.87. The molecule has 0 atom stereocenters. The molecule has 0 heterocycles. The van der Waals surface area contributed by atoms with Gasteiger partial charge in [0.1, 0.15) is 0 Å². The first-order valence-corrected chi connectivity index (χ1v) is 8.47. The molecule has 1 aromatic rings. The normalized spacial score (nSPS) is 10.3. The van der Waals surface area contributed by atoms with Crippen LogP contribution in [0.4, 0.5) is 5.69 Å². The summed E-state index contributed by atoms with van der Waals surface area (Å²) in [5.41, 5.74) is 0.0641. The summed E-state index contributed by atoms with van der Waals surface area (Å²) in [6.07, 6.45) is 1.87. The zero-order valence-corrected chi connectivity index (χ0v) is 13.4. The van der Waals surface area contributed by atoms with Crippen molar-refractivity contribution in [2.75, 3.05) is 25.1 Å². The lowest BCUT2D eigenvalue weighted by Crippen LogP contribution is -2.31. The molecule has 0 unspecified atom stereocenters. The van der Waals surface area contributed by atoms with E-state index < -0.39 is 4.92 Å². The first kappa shape index (κ1) is 16.8. The van der Waals surface area contributed by atoms with Crippen LogP contribution in [0.25, 0.3) is 0 Å². The van der Waals surface area contributed by atoms with E-state index in [1.54, 1.807) is 17.0 Å². The predicted molar refractivity (Wildman–Crippen MR) is 83.5 cm³/mol. The molecule has 1 aromatic carbocycles. The van der Waals surface area contributed by atoms with E-state index in [0.29, 0.717) is 18.0 Å². The van der Waals surface area contributed by atoms with Gasteiger partial charge in [-0.3, -0.25) is 14.9 Å². The number of nitro benzene ring substituents is 1. The molecule has 110 valence electrons. The predicted octanol–water partition coefficient (Wildman–Crippen LogP) is 3.28. The molecule has 0 radical (unpaired) electrons. The lowest BCUT2D eigenvalue weighted by molar-refractivity contribution is -0.387. The highest BCUT2D eigenvalue weighted by Crippen LogP contribution is 2.32. The number of amides is 1. The highest BCUT2D eigenvalue weighted by molar-refractivity contribution is 8.00. The summed E-state index contributed by atoms with van der Waals surface area (Å²) >= 11 is 2.68. The Morgan fingerprint density at radius 2 is 2.00 bits per heavy atom. The van der Waals surface area contributed by atoms with Crippen LogP contribution in [0.15, 0.2) is 28.0 Å². The molecule has 0 saturated carbocycles. The van der Waals surface area contributed by atoms with Gasteiger partial charge in [0, 0.05) is 24.1 Å². The molecule has 0 bridgehead atoms. The van der Waals surface area contributed by atoms with Crippen LogP contribution in [-0.2, 0) is 4.79 Å². The van der Waals surface area contributed by atoms with Crippen molar-refractivity contribution in [1.82, 2.24) is 4.90 Å². The van der Waals surface area contributed by atoms with Crippen LogP contribution in [0.5, 0.6) is 0 Å². The number of rotatable bonds is 7. The molecule has 0 aliphatic rings. The number of carbonyl (C=O) groups is 1. The molecule has 0 fully saturated rings. The van der Waals surface area contributed by atoms with Crippen molar-refractivity contribution in [1.29, 1.82) is 0 Å². The van der Waals surface area contributed by atoms with Crippen molar-refractivity contribution in [3.05, 3.63) is 28.3 Å². The fraction of sp³-hybridized carbons (Fsp3) is 0.462. The zero-order valence-electron chi connectivity index (χ0n) is 11.8. The second-order valence-electron chi connectivity index (χ2n) is 3.95. The Hall–Kier alpha value is -1.21. The monoisotopic (exact) mass is 314 g/mol. The average Bonchev–Trinajstić information content (AvgIpc) is 2.46. The quantitative estimate of drug-likeness (QED) is 0.439. The van der Waals surface area contributed by atoms with Crippen molar-refractivity contribution in [3.8, 4) is 0 Å². The molecule has 1 amide bonds. The summed E-state index contributed by atoms with van der Waals surface area (Å²) < 4.78 is 0. The number of carbonyl (C=O) groups excluding carboxylic acids is 1. The van der Waals surface area contributed by atoms with Gasteiger partial charge in [0.2, 0.25) is 5.91 Å². The van der Waals surface area contributed by atoms with Gasteiger partial charge < -0.3 is 4.90 Å². The molecule has 7 heteroatoms. The summed E-state index contributed by atoms with van der Waals surface area (Å²) in [6, 6.07) is 5.10. The van der Waals surface area contributed by atoms with Crippen molar-refractivity contribution in [2.45, 2.75) is 23.6 Å². The van der Waals surface area contributed by atoms with Gasteiger partial charge in [0.05, 0.1) is 15.6 Å². The summed E-state index contributed by atoms with van der Waals surface area (Å²) in [5, 5.41) is 11.1. The number of nitrogens with zero attached hydrogens (tertiary/aromatic N) is 2. The lowest BCUT2D eigenvalue weighted by Gasteiger charge is -2.18. The van der Waals surface area contributed by atoms with Crippen LogP contribution < -0.4 is 0 Å². The molecule has 5 nitrogen and oxygen atoms in total. The molecule has 0 saturated heterocycles. The summed E-state index contributed by atoms with van der Waals surface area (Å²) in [5.74, 6) is 0.226. The largest absolute Gasteiger partial charge is 0.343 e. The van der Waals surface area contributed by atoms with Crippen LogP contribution in [0, 0.1) is 10.1 Å². The fourth-order valence-electron chi connectivity index (χ4n) is 1.70. The van der Waals surface area contributed by atoms with E-state index in [1.165, 1.54) is 23.5 Å². The summed E-state index contributed by atoms with van der Waals surface area (Å²) in [4.78, 5) is 25.7. The third-order valence-corrected chi connectivity index (χ3v) is 4.60. The van der Waals surface area contributed by atoms with E-state index in [-0.39, 0.29) is 17.3 Å². The second kappa shape index (κ2) is 8.16. The molecule has 0 spiro atoms. The van der Waals surface area contributed by atoms with E-state index in [2.05, 4.69) is 0 Å². The number of nitro groups is 1. The van der Waals surface area contributed by atoms with E-state index in [0.717, 1.165) is 4.90 Å². The Bertz CT molecular complexity index is 491. The third-order valence-electron chi connectivity index (χ3n) is 2.83. The van der Waals surface area contributed by atoms with Gasteiger partial charge in [0.25, 0.3) is 5.69 Å². The molecule has 0 aliphatic heterocycles. The Morgan fingerprint density at radius 1 is 1.35 bits per heavy atom. The smallest absolute Gasteiger partial charge is 0.284 e. The maximum atomic E-state index is 11.9. The second-order valence-corrected chi connectivity index (χ2v) is 5.84. The first-order valence-electron chi connectivity index (χ1n) is 6.26. The van der Waals surface area contributed by atoms with Gasteiger partial charge in [0.15, 0.2) is 0 Å². The summed E-state index contributed by atoms with van der Waals surface area (Å²) in [7, 11) is 0. The highest BCUT2D eigenvalue weighted by Gasteiger charge is 2.17. The van der Waals surface area contributed by atoms with Crippen molar-refractivity contribution >= 4 is 35.1 Å². The highest BCUT2D eigenvalue weighted by atomic mass is 32.2. The molecule has 1 rings (SSSR count). The van der Waals surface area contributed by atoms with Crippen LogP contribution in [-0.4, -0.2) is 40.8 Å². The molecule has 0 N–H and O–H groups in total. The molecule has 20 heavy (non-hydrogen) atoms. The van der Waals surface area contributed by atoms with Gasteiger partial charge in [-0.1, -0.05) is 0 Å². The maximum Gasteiger partial charge on any atom is 0.284 e. The van der Waals surface area contributed by atoms with E-state index in [4.69, 9.17) is 0 Å². The standard InChI is InChI=1S/C13H18N2O3S2/c1-4-14(5-2)13(16)9-20-12-7-6-10(19-3)8-11(12)15(17)18/h6-8H,4-5,9H2,1-3H3. The van der Waals surface area contributed by atoms with Crippen LogP contribution >= 0.6 is 23.5 Å². The minimum atomic E-state index is -0.399. The first-order chi connectivity index (χ1) is 9.53. The van der Waals surface area contributed by atoms with Crippen LogP contribution in [0.3, 0.4) is 0 Å². The Balaban J connectivity index is 2.82. The number of hydrogen-bond donors (Lipinski definition) is 0. The summed E-state index contributed by atoms with van der Waals surface area (Å²) in [6.45, 7) is 5.15. The minimum Gasteiger partial charge on any atom is -0.343 e. The minimum absolute atomic E-state index is 0.00300. The van der Waals surface area contributed by atoms with Gasteiger partial charge in [-0.05, 0) is 32.2 Å². The Labute approximate surface area is 127 Å². The molecule has 0 aromatic heterocycles. The maximum absolute atomic E-state index is 11.9. The SMILES string of the molecule is CCN(CC)C(=O)CSc1ccc(SC)cc1[N+](=O)[O-]. The van der Waals surface area contributed by atoms with Gasteiger partial charge >= 0.3 is 0 Å². The van der Waals surface area contributed by atoms with Crippen LogP contribution in [0.2, 0.25) is 0 Å². The van der Waals surface area contributed by atoms with Gasteiger partial charge in [-0.2, -0.15) is 0 Å². The van der Waals surface area contributed by atoms with Crippen molar-refractivity contribution in [2.24, 2.45) is 0 Å². The topological polar surface area (TPSA) is 63.5 Å². The van der Waals surface area contributed by atoms with Gasteiger partial charge in [-0.15, -0.1) is 23.5 Å². The number of thioether (sulfide) groups is 2. The number of hydrogen-bond acceptors (Lipinski definition) is 5. The molecular formula is C13H18N2O3S2. The molecule has 0 aliphatic carbocycles. The van der Waals surface area contributed by atoms with Crippen molar-refractivity contribution in [3.63, 3.8) is 0 Å². The zero-order chi connectivity index (χ0) is 15.1. The third kappa shape index (κ3) is 4.42. The Morgan fingerprint density at radius 3 is 2.50 bits per heavy atom. The number of benzene rings is 1. The lowest BCUT2D eigenvalue weighted by atomic mass is 10.3. The van der Waals surface area contributed by atoms with E-state index in [9.17, 15) is 14.9 Å². The van der Waals surface area contributed by atoms with E-state index in [1.807, 2.05) is 26.2 Å². The van der Waals surface area contributed by atoms with Crippen LogP contribution in [0.1, 0.15) is 13.8 Å². The average molecular weight is 314 g/mol. The van der Waals surface area contributed by atoms with Crippen molar-refractivity contribution < 1.29 is 9.72 Å². The molecular weight excluding hydrogens is 296 g/mol. The fourth-order valence-corrected chi connectivity index (χ4v) is 3.04.